The monoisotopic (exact) mass is 427 g/mol. The van der Waals surface area contributed by atoms with Crippen molar-refractivity contribution in [2.75, 3.05) is 5.32 Å². The van der Waals surface area contributed by atoms with Crippen LogP contribution in [0.2, 0.25) is 5.15 Å². The molecule has 5 rings (SSSR count). The van der Waals surface area contributed by atoms with Crippen molar-refractivity contribution in [2.45, 2.75) is 0 Å². The van der Waals surface area contributed by atoms with Gasteiger partial charge in [-0.1, -0.05) is 29.8 Å². The van der Waals surface area contributed by atoms with Crippen LogP contribution in [0.1, 0.15) is 10.4 Å². The zero-order valence-electron chi connectivity index (χ0n) is 16.0. The molecule has 9 heteroatoms. The summed E-state index contributed by atoms with van der Waals surface area (Å²) in [6.07, 6.45) is 3.23. The van der Waals surface area contributed by atoms with Crippen molar-refractivity contribution in [3.05, 3.63) is 89.8 Å². The van der Waals surface area contributed by atoms with E-state index in [1.165, 1.54) is 6.20 Å². The van der Waals surface area contributed by atoms with Crippen LogP contribution in [0.4, 0.5) is 5.69 Å². The standard InChI is InChI=1S/C22H14ClN7O/c23-20-16(4-3-13-25-20)22(31)26-15-8-6-14(7-9-15)17-10-11-19-27-28-21(30(19)29-17)18-5-1-2-12-24-18/h1-13H,(H,26,31). The minimum Gasteiger partial charge on any atom is -0.322 e. The van der Waals surface area contributed by atoms with Gasteiger partial charge in [-0.2, -0.15) is 9.61 Å². The summed E-state index contributed by atoms with van der Waals surface area (Å²) in [6, 6.07) is 19.9. The Kier molecular flexibility index (Phi) is 4.81. The van der Waals surface area contributed by atoms with Crippen LogP contribution in [0.25, 0.3) is 28.4 Å². The predicted molar refractivity (Wildman–Crippen MR) is 117 cm³/mol. The summed E-state index contributed by atoms with van der Waals surface area (Å²) in [7, 11) is 0. The summed E-state index contributed by atoms with van der Waals surface area (Å²) in [5.41, 5.74) is 3.87. The van der Waals surface area contributed by atoms with Crippen LogP contribution in [0, 0.1) is 0 Å². The Hall–Kier alpha value is -4.17. The Morgan fingerprint density at radius 3 is 2.45 bits per heavy atom. The first kappa shape index (κ1) is 18.8. The van der Waals surface area contributed by atoms with E-state index >= 15 is 0 Å². The van der Waals surface area contributed by atoms with Crippen LogP contribution in [0.15, 0.2) is 79.1 Å². The largest absolute Gasteiger partial charge is 0.322 e. The molecule has 1 amide bonds. The molecular weight excluding hydrogens is 414 g/mol. The lowest BCUT2D eigenvalue weighted by Gasteiger charge is -2.08. The lowest BCUT2D eigenvalue weighted by atomic mass is 10.1. The molecule has 0 aliphatic heterocycles. The second-order valence-electron chi connectivity index (χ2n) is 6.60. The number of amides is 1. The van der Waals surface area contributed by atoms with Gasteiger partial charge in [-0.05, 0) is 48.5 Å². The summed E-state index contributed by atoms with van der Waals surface area (Å²) in [4.78, 5) is 20.7. The van der Waals surface area contributed by atoms with Crippen LogP contribution in [-0.2, 0) is 0 Å². The van der Waals surface area contributed by atoms with Crippen LogP contribution < -0.4 is 5.32 Å². The second-order valence-corrected chi connectivity index (χ2v) is 6.96. The first-order chi connectivity index (χ1) is 15.2. The molecular formula is C22H14ClN7O. The molecule has 0 saturated heterocycles. The number of nitrogens with one attached hydrogen (secondary N) is 1. The van der Waals surface area contributed by atoms with Crippen molar-refractivity contribution in [3.8, 4) is 22.8 Å². The number of pyridine rings is 2. The minimum absolute atomic E-state index is 0.159. The highest BCUT2D eigenvalue weighted by Crippen LogP contribution is 2.22. The molecule has 0 spiro atoms. The average molecular weight is 428 g/mol. The summed E-state index contributed by atoms with van der Waals surface area (Å²) >= 11 is 5.99. The minimum atomic E-state index is -0.324. The van der Waals surface area contributed by atoms with Gasteiger partial charge in [0, 0.05) is 23.6 Å². The number of fused-ring (bicyclic) bond motifs is 1. The Morgan fingerprint density at radius 2 is 1.68 bits per heavy atom. The topological polar surface area (TPSA) is 98.0 Å². The van der Waals surface area contributed by atoms with Crippen molar-refractivity contribution >= 4 is 28.8 Å². The third-order valence-electron chi connectivity index (χ3n) is 4.60. The Balaban J connectivity index is 1.42. The Bertz CT molecular complexity index is 1380. The van der Waals surface area contributed by atoms with E-state index in [0.29, 0.717) is 28.4 Å². The van der Waals surface area contributed by atoms with E-state index in [-0.39, 0.29) is 11.1 Å². The molecule has 0 aliphatic rings. The van der Waals surface area contributed by atoms with Gasteiger partial charge in [0.05, 0.1) is 11.3 Å². The van der Waals surface area contributed by atoms with Crippen LogP contribution in [-0.4, -0.2) is 35.7 Å². The summed E-state index contributed by atoms with van der Waals surface area (Å²) in [5.74, 6) is 0.240. The number of hydrogen-bond donors (Lipinski definition) is 1. The van der Waals surface area contributed by atoms with E-state index < -0.39 is 0 Å². The molecule has 0 unspecified atom stereocenters. The van der Waals surface area contributed by atoms with Crippen molar-refractivity contribution < 1.29 is 4.79 Å². The maximum atomic E-state index is 12.4. The molecule has 4 heterocycles. The number of nitrogens with zero attached hydrogens (tertiary/aromatic N) is 6. The number of carbonyl (C=O) groups excluding carboxylic acids is 1. The van der Waals surface area contributed by atoms with Crippen LogP contribution in [0.5, 0.6) is 0 Å². The van der Waals surface area contributed by atoms with Gasteiger partial charge in [0.25, 0.3) is 5.91 Å². The zero-order valence-corrected chi connectivity index (χ0v) is 16.7. The van der Waals surface area contributed by atoms with E-state index in [4.69, 9.17) is 11.6 Å². The molecule has 0 bridgehead atoms. The first-order valence-corrected chi connectivity index (χ1v) is 9.73. The first-order valence-electron chi connectivity index (χ1n) is 9.35. The highest BCUT2D eigenvalue weighted by Gasteiger charge is 2.13. The van der Waals surface area contributed by atoms with Gasteiger partial charge in [-0.25, -0.2) is 4.98 Å². The molecule has 0 radical (unpaired) electrons. The number of benzene rings is 1. The van der Waals surface area contributed by atoms with Gasteiger partial charge < -0.3 is 5.32 Å². The summed E-state index contributed by atoms with van der Waals surface area (Å²) in [5, 5.41) is 16.0. The summed E-state index contributed by atoms with van der Waals surface area (Å²) < 4.78 is 1.66. The normalized spacial score (nSPS) is 10.9. The lowest BCUT2D eigenvalue weighted by Crippen LogP contribution is -2.12. The number of carbonyl (C=O) groups is 1. The zero-order chi connectivity index (χ0) is 21.2. The van der Waals surface area contributed by atoms with Crippen LogP contribution >= 0.6 is 11.6 Å². The summed E-state index contributed by atoms with van der Waals surface area (Å²) in [6.45, 7) is 0. The molecule has 0 saturated carbocycles. The molecule has 5 aromatic rings. The number of anilines is 1. The van der Waals surface area contributed by atoms with Crippen molar-refractivity contribution in [3.63, 3.8) is 0 Å². The van der Waals surface area contributed by atoms with E-state index in [1.807, 2.05) is 42.5 Å². The highest BCUT2D eigenvalue weighted by molar-refractivity contribution is 6.33. The molecule has 31 heavy (non-hydrogen) atoms. The van der Waals surface area contributed by atoms with E-state index in [2.05, 4.69) is 30.6 Å². The van der Waals surface area contributed by atoms with Crippen molar-refractivity contribution in [2.24, 2.45) is 0 Å². The number of hydrogen-bond acceptors (Lipinski definition) is 6. The third-order valence-corrected chi connectivity index (χ3v) is 4.90. The average Bonchev–Trinajstić information content (AvgIpc) is 3.24. The SMILES string of the molecule is O=C(Nc1ccc(-c2ccc3nnc(-c4ccccn4)n3n2)cc1)c1cccnc1Cl. The van der Waals surface area contributed by atoms with Gasteiger partial charge in [0.1, 0.15) is 10.8 Å². The van der Waals surface area contributed by atoms with Crippen molar-refractivity contribution in [1.82, 2.24) is 29.8 Å². The quantitative estimate of drug-likeness (QED) is 0.432. The van der Waals surface area contributed by atoms with Crippen LogP contribution in [0.3, 0.4) is 0 Å². The molecule has 4 aromatic heterocycles. The van der Waals surface area contributed by atoms with Gasteiger partial charge in [0.2, 0.25) is 5.82 Å². The fraction of sp³-hybridized carbons (Fsp3) is 0. The van der Waals surface area contributed by atoms with Gasteiger partial charge in [0.15, 0.2) is 5.65 Å². The van der Waals surface area contributed by atoms with E-state index in [1.54, 1.807) is 35.0 Å². The maximum absolute atomic E-state index is 12.4. The number of halogens is 1. The smallest absolute Gasteiger partial charge is 0.258 e. The predicted octanol–water partition coefficient (Wildman–Crippen LogP) is 4.15. The van der Waals surface area contributed by atoms with E-state index in [0.717, 1.165) is 11.3 Å². The molecule has 0 atom stereocenters. The Morgan fingerprint density at radius 1 is 0.839 bits per heavy atom. The second kappa shape index (κ2) is 7.92. The third kappa shape index (κ3) is 3.72. The number of aromatic nitrogens is 6. The lowest BCUT2D eigenvalue weighted by molar-refractivity contribution is 0.102. The molecule has 0 aliphatic carbocycles. The number of rotatable bonds is 4. The molecule has 8 nitrogen and oxygen atoms in total. The van der Waals surface area contributed by atoms with Gasteiger partial charge >= 0.3 is 0 Å². The fourth-order valence-corrected chi connectivity index (χ4v) is 3.28. The maximum Gasteiger partial charge on any atom is 0.258 e. The van der Waals surface area contributed by atoms with Gasteiger partial charge in [-0.15, -0.1) is 10.2 Å². The molecule has 1 N–H and O–H groups in total. The van der Waals surface area contributed by atoms with E-state index in [9.17, 15) is 4.79 Å². The highest BCUT2D eigenvalue weighted by atomic mass is 35.5. The van der Waals surface area contributed by atoms with Gasteiger partial charge in [-0.3, -0.25) is 9.78 Å². The molecule has 150 valence electrons. The molecule has 0 fully saturated rings. The molecule has 1 aromatic carbocycles. The fourth-order valence-electron chi connectivity index (χ4n) is 3.08. The van der Waals surface area contributed by atoms with Crippen molar-refractivity contribution in [1.29, 1.82) is 0 Å². The Labute approximate surface area is 181 Å².